The van der Waals surface area contributed by atoms with Crippen LogP contribution in [0.4, 0.5) is 0 Å². The molecule has 2 aliphatic rings. The van der Waals surface area contributed by atoms with Crippen molar-refractivity contribution in [3.63, 3.8) is 0 Å². The lowest BCUT2D eigenvalue weighted by molar-refractivity contribution is -0.277. The standard InChI is InChI=1S/C21H24O9/c1-8-3-10-5-11(29-21-19(27)18(26)17(25)14(7-22)30-21)6-13(24)16(10)20-15(8)12(23)4-9(2)28-20/h3,5-6,9,14,17-19,21-22,24-27H,4,7H2,1-2H3. The first-order valence-electron chi connectivity index (χ1n) is 9.68. The molecule has 6 unspecified atom stereocenters. The molecule has 2 aliphatic heterocycles. The number of benzene rings is 2. The molecule has 1 fully saturated rings. The number of carbonyl (C=O) groups is 1. The Morgan fingerprint density at radius 1 is 1.13 bits per heavy atom. The van der Waals surface area contributed by atoms with Crippen molar-refractivity contribution < 1.29 is 44.5 Å². The van der Waals surface area contributed by atoms with Gasteiger partial charge in [-0.25, -0.2) is 0 Å². The Hall–Kier alpha value is -2.43. The van der Waals surface area contributed by atoms with E-state index >= 15 is 0 Å². The number of ketones is 1. The second-order valence-electron chi connectivity index (χ2n) is 7.81. The Morgan fingerprint density at radius 2 is 1.87 bits per heavy atom. The lowest BCUT2D eigenvalue weighted by Crippen LogP contribution is -2.60. The van der Waals surface area contributed by atoms with Crippen molar-refractivity contribution in [3.8, 4) is 17.2 Å². The van der Waals surface area contributed by atoms with E-state index in [1.807, 2.05) is 0 Å². The Labute approximate surface area is 172 Å². The summed E-state index contributed by atoms with van der Waals surface area (Å²) in [5, 5.41) is 50.8. The minimum absolute atomic E-state index is 0.0517. The second-order valence-corrected chi connectivity index (χ2v) is 7.81. The van der Waals surface area contributed by atoms with Crippen LogP contribution in [-0.4, -0.2) is 74.7 Å². The zero-order valence-electron chi connectivity index (χ0n) is 16.5. The number of phenolic OH excluding ortho intramolecular Hbond substituents is 1. The molecule has 6 atom stereocenters. The molecule has 2 aromatic rings. The van der Waals surface area contributed by atoms with Crippen molar-refractivity contribution in [3.05, 3.63) is 29.3 Å². The molecule has 0 aliphatic carbocycles. The van der Waals surface area contributed by atoms with Gasteiger partial charge in [0.05, 0.1) is 17.6 Å². The summed E-state index contributed by atoms with van der Waals surface area (Å²) in [4.78, 5) is 12.5. The molecule has 0 amide bonds. The van der Waals surface area contributed by atoms with E-state index in [1.165, 1.54) is 6.07 Å². The van der Waals surface area contributed by atoms with Crippen molar-refractivity contribution in [2.24, 2.45) is 0 Å². The van der Waals surface area contributed by atoms with Crippen molar-refractivity contribution >= 4 is 16.6 Å². The number of ether oxygens (including phenoxy) is 3. The maximum atomic E-state index is 12.5. The van der Waals surface area contributed by atoms with Gasteiger partial charge in [0.1, 0.15) is 47.8 Å². The lowest BCUT2D eigenvalue weighted by atomic mass is 9.92. The van der Waals surface area contributed by atoms with E-state index in [4.69, 9.17) is 14.2 Å². The van der Waals surface area contributed by atoms with Crippen LogP contribution in [0.3, 0.4) is 0 Å². The minimum Gasteiger partial charge on any atom is -0.507 e. The van der Waals surface area contributed by atoms with E-state index < -0.39 is 37.3 Å². The number of fused-ring (bicyclic) bond motifs is 3. The number of phenols is 1. The molecular formula is C21H24O9. The van der Waals surface area contributed by atoms with Gasteiger partial charge in [0.2, 0.25) is 6.29 Å². The molecule has 2 aromatic carbocycles. The SMILES string of the molecule is Cc1cc2cc(OC3OC(CO)C(O)C(O)C3O)cc(O)c2c2c1C(=O)CC(C)O2. The van der Waals surface area contributed by atoms with Crippen molar-refractivity contribution in [2.45, 2.75) is 57.1 Å². The number of rotatable bonds is 3. The largest absolute Gasteiger partial charge is 0.507 e. The average molecular weight is 420 g/mol. The number of aryl methyl sites for hydroxylation is 1. The van der Waals surface area contributed by atoms with Crippen molar-refractivity contribution in [1.29, 1.82) is 0 Å². The summed E-state index contributed by atoms with van der Waals surface area (Å²) in [6.07, 6.45) is -7.21. The summed E-state index contributed by atoms with van der Waals surface area (Å²) < 4.78 is 16.8. The molecule has 0 aromatic heterocycles. The second kappa shape index (κ2) is 7.68. The fraction of sp³-hybridized carbons (Fsp3) is 0.476. The number of aliphatic hydroxyl groups is 4. The van der Waals surface area contributed by atoms with Gasteiger partial charge in [0.15, 0.2) is 5.78 Å². The highest BCUT2D eigenvalue weighted by atomic mass is 16.7. The van der Waals surface area contributed by atoms with Crippen LogP contribution in [0, 0.1) is 6.92 Å². The fourth-order valence-corrected chi connectivity index (χ4v) is 4.03. The van der Waals surface area contributed by atoms with E-state index in [9.17, 15) is 30.3 Å². The quantitative estimate of drug-likeness (QED) is 0.476. The molecule has 1 saturated heterocycles. The van der Waals surface area contributed by atoms with E-state index in [2.05, 4.69) is 0 Å². The van der Waals surface area contributed by atoms with Crippen LogP contribution in [0.15, 0.2) is 18.2 Å². The van der Waals surface area contributed by atoms with Gasteiger partial charge in [0, 0.05) is 12.5 Å². The van der Waals surface area contributed by atoms with Crippen LogP contribution in [0.1, 0.15) is 29.3 Å². The Morgan fingerprint density at radius 3 is 2.57 bits per heavy atom. The third-order valence-corrected chi connectivity index (χ3v) is 5.51. The molecule has 30 heavy (non-hydrogen) atoms. The zero-order valence-corrected chi connectivity index (χ0v) is 16.5. The monoisotopic (exact) mass is 420 g/mol. The smallest absolute Gasteiger partial charge is 0.229 e. The molecule has 0 saturated carbocycles. The van der Waals surface area contributed by atoms with E-state index in [1.54, 1.807) is 26.0 Å². The first-order chi connectivity index (χ1) is 14.2. The van der Waals surface area contributed by atoms with Crippen LogP contribution in [0.5, 0.6) is 17.2 Å². The molecule has 4 rings (SSSR count). The highest BCUT2D eigenvalue weighted by Gasteiger charge is 2.44. The summed E-state index contributed by atoms with van der Waals surface area (Å²) in [5.41, 5.74) is 1.14. The van der Waals surface area contributed by atoms with Crippen molar-refractivity contribution in [2.75, 3.05) is 6.61 Å². The number of hydrogen-bond donors (Lipinski definition) is 5. The predicted octanol–water partition coefficient (Wildman–Crippen LogP) is 0.386. The van der Waals surface area contributed by atoms with Crippen LogP contribution in [0.25, 0.3) is 10.8 Å². The van der Waals surface area contributed by atoms with Gasteiger partial charge in [-0.05, 0) is 30.9 Å². The summed E-state index contributed by atoms with van der Waals surface area (Å²) in [7, 11) is 0. The Kier molecular flexibility index (Phi) is 5.33. The Bertz CT molecular complexity index is 986. The molecule has 0 radical (unpaired) electrons. The molecule has 0 bridgehead atoms. The third-order valence-electron chi connectivity index (χ3n) is 5.51. The van der Waals surface area contributed by atoms with E-state index in [0.29, 0.717) is 27.6 Å². The first-order valence-corrected chi connectivity index (χ1v) is 9.68. The molecule has 0 spiro atoms. The van der Waals surface area contributed by atoms with Gasteiger partial charge >= 0.3 is 0 Å². The summed E-state index contributed by atoms with van der Waals surface area (Å²) >= 11 is 0. The highest BCUT2D eigenvalue weighted by Crippen LogP contribution is 2.43. The number of aliphatic hydroxyl groups excluding tert-OH is 4. The van der Waals surface area contributed by atoms with Crippen LogP contribution in [0.2, 0.25) is 0 Å². The van der Waals surface area contributed by atoms with Gasteiger partial charge < -0.3 is 39.7 Å². The predicted molar refractivity (Wildman–Crippen MR) is 104 cm³/mol. The first kappa shape index (κ1) is 20.8. The maximum absolute atomic E-state index is 12.5. The highest BCUT2D eigenvalue weighted by molar-refractivity contribution is 6.09. The van der Waals surface area contributed by atoms with Crippen LogP contribution >= 0.6 is 0 Å². The minimum atomic E-state index is -1.58. The number of carbonyl (C=O) groups excluding carboxylic acids is 1. The van der Waals surface area contributed by atoms with Gasteiger partial charge in [-0.1, -0.05) is 6.07 Å². The average Bonchev–Trinajstić information content (AvgIpc) is 2.67. The molecule has 2 heterocycles. The third kappa shape index (κ3) is 3.38. The van der Waals surface area contributed by atoms with Gasteiger partial charge in [0.25, 0.3) is 0 Å². The fourth-order valence-electron chi connectivity index (χ4n) is 4.03. The molecular weight excluding hydrogens is 396 g/mol. The summed E-state index contributed by atoms with van der Waals surface area (Å²) in [5.74, 6) is 0.207. The molecule has 9 heteroatoms. The van der Waals surface area contributed by atoms with E-state index in [0.717, 1.165) is 0 Å². The van der Waals surface area contributed by atoms with Crippen LogP contribution < -0.4 is 9.47 Å². The topological polar surface area (TPSA) is 146 Å². The maximum Gasteiger partial charge on any atom is 0.229 e. The number of hydrogen-bond acceptors (Lipinski definition) is 9. The number of Topliss-reactive ketones (excluding diaryl/α,β-unsaturated/α-hetero) is 1. The molecule has 5 N–H and O–H groups in total. The number of aromatic hydroxyl groups is 1. The Balaban J connectivity index is 1.72. The summed E-state index contributed by atoms with van der Waals surface area (Å²) in [6.45, 7) is 2.98. The normalized spacial score (nSPS) is 31.3. The summed E-state index contributed by atoms with van der Waals surface area (Å²) in [6, 6.07) is 4.59. The van der Waals surface area contributed by atoms with Gasteiger partial charge in [-0.2, -0.15) is 0 Å². The van der Waals surface area contributed by atoms with Gasteiger partial charge in [-0.3, -0.25) is 4.79 Å². The molecule has 9 nitrogen and oxygen atoms in total. The zero-order chi connectivity index (χ0) is 21.7. The van der Waals surface area contributed by atoms with E-state index in [-0.39, 0.29) is 29.8 Å². The van der Waals surface area contributed by atoms with Crippen molar-refractivity contribution in [1.82, 2.24) is 0 Å². The van der Waals surface area contributed by atoms with Crippen LogP contribution in [-0.2, 0) is 4.74 Å². The van der Waals surface area contributed by atoms with Gasteiger partial charge in [-0.15, -0.1) is 0 Å². The lowest BCUT2D eigenvalue weighted by Gasteiger charge is -2.39. The molecule has 162 valence electrons.